The zero-order valence-corrected chi connectivity index (χ0v) is 11.9. The van der Waals surface area contributed by atoms with E-state index in [-0.39, 0.29) is 37.7 Å². The first kappa shape index (κ1) is 16.2. The number of nitrogens with one attached hydrogen (secondary N) is 1. The van der Waals surface area contributed by atoms with Crippen molar-refractivity contribution in [2.75, 3.05) is 13.2 Å². The highest BCUT2D eigenvalue weighted by Crippen LogP contribution is 2.10. The van der Waals surface area contributed by atoms with Crippen molar-refractivity contribution in [3.63, 3.8) is 0 Å². The van der Waals surface area contributed by atoms with Crippen molar-refractivity contribution in [3.05, 3.63) is 34.9 Å². The Balaban J connectivity index is 2.34. The summed E-state index contributed by atoms with van der Waals surface area (Å²) in [5, 5.41) is 2.92. The third kappa shape index (κ3) is 5.84. The molecular weight excluding hydrogens is 282 g/mol. The van der Waals surface area contributed by atoms with Crippen molar-refractivity contribution >= 4 is 29.3 Å². The third-order valence-corrected chi connectivity index (χ3v) is 2.69. The summed E-state index contributed by atoms with van der Waals surface area (Å²) in [6.45, 7) is 1.86. The summed E-state index contributed by atoms with van der Waals surface area (Å²) >= 11 is 5.77. The molecule has 0 fully saturated rings. The highest BCUT2D eigenvalue weighted by Gasteiger charge is 2.10. The van der Waals surface area contributed by atoms with Crippen LogP contribution in [0, 0.1) is 0 Å². The second-order valence-corrected chi connectivity index (χ2v) is 4.45. The quantitative estimate of drug-likeness (QED) is 0.617. The summed E-state index contributed by atoms with van der Waals surface area (Å²) in [5.74, 6) is -1.03. The van der Waals surface area contributed by atoms with E-state index in [0.717, 1.165) is 0 Å². The molecule has 1 aromatic rings. The first-order chi connectivity index (χ1) is 9.52. The standard InChI is InChI=1S/C14H16ClNO4/c1-2-20-14(19)7-6-13(18)16-9-12(17)10-4-3-5-11(15)8-10/h3-5,8H,2,6-7,9H2,1H3,(H,16,18). The molecule has 0 aromatic heterocycles. The van der Waals surface area contributed by atoms with Gasteiger partial charge in [0.1, 0.15) is 0 Å². The van der Waals surface area contributed by atoms with Crippen LogP contribution in [-0.4, -0.2) is 30.8 Å². The molecule has 6 heteroatoms. The van der Waals surface area contributed by atoms with E-state index in [1.54, 1.807) is 25.1 Å². The fourth-order valence-corrected chi connectivity index (χ4v) is 1.67. The Morgan fingerprint density at radius 2 is 2.00 bits per heavy atom. The van der Waals surface area contributed by atoms with Gasteiger partial charge >= 0.3 is 5.97 Å². The van der Waals surface area contributed by atoms with Crippen LogP contribution in [0.2, 0.25) is 5.02 Å². The Labute approximate surface area is 122 Å². The van der Waals surface area contributed by atoms with Gasteiger partial charge in [0.15, 0.2) is 5.78 Å². The van der Waals surface area contributed by atoms with Crippen molar-refractivity contribution in [2.45, 2.75) is 19.8 Å². The van der Waals surface area contributed by atoms with Crippen LogP contribution in [0.15, 0.2) is 24.3 Å². The fraction of sp³-hybridized carbons (Fsp3) is 0.357. The fourth-order valence-electron chi connectivity index (χ4n) is 1.48. The molecule has 0 radical (unpaired) electrons. The van der Waals surface area contributed by atoms with Crippen LogP contribution in [-0.2, 0) is 14.3 Å². The maximum absolute atomic E-state index is 11.8. The van der Waals surface area contributed by atoms with E-state index in [2.05, 4.69) is 5.32 Å². The number of benzene rings is 1. The summed E-state index contributed by atoms with van der Waals surface area (Å²) < 4.78 is 4.70. The van der Waals surface area contributed by atoms with Crippen LogP contribution in [0.4, 0.5) is 0 Å². The highest BCUT2D eigenvalue weighted by molar-refractivity contribution is 6.31. The van der Waals surface area contributed by atoms with Gasteiger partial charge < -0.3 is 10.1 Å². The Morgan fingerprint density at radius 3 is 2.65 bits per heavy atom. The maximum atomic E-state index is 11.8. The van der Waals surface area contributed by atoms with E-state index in [1.165, 1.54) is 6.07 Å². The number of esters is 1. The largest absolute Gasteiger partial charge is 0.466 e. The van der Waals surface area contributed by atoms with Gasteiger partial charge in [0, 0.05) is 17.0 Å². The van der Waals surface area contributed by atoms with Crippen molar-refractivity contribution in [1.82, 2.24) is 5.32 Å². The Bertz CT molecular complexity index is 502. The number of hydrogen-bond acceptors (Lipinski definition) is 4. The van der Waals surface area contributed by atoms with Gasteiger partial charge in [0.2, 0.25) is 5.91 Å². The molecule has 1 N–H and O–H groups in total. The van der Waals surface area contributed by atoms with Crippen LogP contribution in [0.5, 0.6) is 0 Å². The Morgan fingerprint density at radius 1 is 1.25 bits per heavy atom. The van der Waals surface area contributed by atoms with Gasteiger partial charge in [-0.1, -0.05) is 23.7 Å². The smallest absolute Gasteiger partial charge is 0.306 e. The minimum absolute atomic E-state index is 0.00165. The number of ether oxygens (including phenoxy) is 1. The van der Waals surface area contributed by atoms with Gasteiger partial charge in [-0.15, -0.1) is 0 Å². The molecule has 0 atom stereocenters. The van der Waals surface area contributed by atoms with Gasteiger partial charge in [-0.25, -0.2) is 0 Å². The second-order valence-electron chi connectivity index (χ2n) is 4.02. The lowest BCUT2D eigenvalue weighted by Gasteiger charge is -2.05. The molecule has 0 aliphatic heterocycles. The lowest BCUT2D eigenvalue weighted by Crippen LogP contribution is -2.29. The topological polar surface area (TPSA) is 72.5 Å². The summed E-state index contributed by atoms with van der Waals surface area (Å²) in [7, 11) is 0. The Hall–Kier alpha value is -1.88. The van der Waals surface area contributed by atoms with E-state index in [0.29, 0.717) is 10.6 Å². The zero-order valence-electron chi connectivity index (χ0n) is 11.1. The molecule has 1 rings (SSSR count). The average Bonchev–Trinajstić information content (AvgIpc) is 2.43. The summed E-state index contributed by atoms with van der Waals surface area (Å²) in [5.41, 5.74) is 0.434. The number of hydrogen-bond donors (Lipinski definition) is 1. The summed E-state index contributed by atoms with van der Waals surface area (Å²) in [6.07, 6.45) is 0.00664. The molecule has 0 spiro atoms. The monoisotopic (exact) mass is 297 g/mol. The number of Topliss-reactive ketones (excluding diaryl/α,β-unsaturated/α-hetero) is 1. The molecule has 20 heavy (non-hydrogen) atoms. The van der Waals surface area contributed by atoms with E-state index in [9.17, 15) is 14.4 Å². The van der Waals surface area contributed by atoms with Crippen LogP contribution in [0.1, 0.15) is 30.1 Å². The van der Waals surface area contributed by atoms with Gasteiger partial charge in [-0.05, 0) is 19.1 Å². The van der Waals surface area contributed by atoms with Crippen molar-refractivity contribution in [2.24, 2.45) is 0 Å². The molecule has 1 amide bonds. The van der Waals surface area contributed by atoms with Crippen LogP contribution < -0.4 is 5.32 Å². The number of carbonyl (C=O) groups excluding carboxylic acids is 3. The van der Waals surface area contributed by atoms with E-state index in [4.69, 9.17) is 16.3 Å². The van der Waals surface area contributed by atoms with Crippen molar-refractivity contribution in [1.29, 1.82) is 0 Å². The molecule has 0 saturated carbocycles. The summed E-state index contributed by atoms with van der Waals surface area (Å²) in [4.78, 5) is 34.3. The Kier molecular flexibility index (Phi) is 6.73. The maximum Gasteiger partial charge on any atom is 0.306 e. The van der Waals surface area contributed by atoms with E-state index in [1.807, 2.05) is 0 Å². The molecule has 0 heterocycles. The van der Waals surface area contributed by atoms with Gasteiger partial charge in [0.05, 0.1) is 19.6 Å². The lowest BCUT2D eigenvalue weighted by molar-refractivity contribution is -0.144. The minimum atomic E-state index is -0.427. The number of carbonyl (C=O) groups is 3. The second kappa shape index (κ2) is 8.32. The van der Waals surface area contributed by atoms with Crippen LogP contribution in [0.25, 0.3) is 0 Å². The van der Waals surface area contributed by atoms with Crippen molar-refractivity contribution < 1.29 is 19.1 Å². The van der Waals surface area contributed by atoms with E-state index < -0.39 is 5.97 Å². The SMILES string of the molecule is CCOC(=O)CCC(=O)NCC(=O)c1cccc(Cl)c1. The van der Waals surface area contributed by atoms with Crippen LogP contribution in [0.3, 0.4) is 0 Å². The molecule has 0 bridgehead atoms. The lowest BCUT2D eigenvalue weighted by atomic mass is 10.1. The first-order valence-corrected chi connectivity index (χ1v) is 6.61. The number of amides is 1. The molecule has 5 nitrogen and oxygen atoms in total. The number of rotatable bonds is 7. The minimum Gasteiger partial charge on any atom is -0.466 e. The number of ketones is 1. The molecule has 1 aromatic carbocycles. The normalized spacial score (nSPS) is 9.90. The number of halogens is 1. The summed E-state index contributed by atoms with van der Waals surface area (Å²) in [6, 6.07) is 6.49. The van der Waals surface area contributed by atoms with Gasteiger partial charge in [-0.3, -0.25) is 14.4 Å². The van der Waals surface area contributed by atoms with Gasteiger partial charge in [0.25, 0.3) is 0 Å². The van der Waals surface area contributed by atoms with Gasteiger partial charge in [-0.2, -0.15) is 0 Å². The highest BCUT2D eigenvalue weighted by atomic mass is 35.5. The van der Waals surface area contributed by atoms with Crippen LogP contribution >= 0.6 is 11.6 Å². The molecule has 0 aliphatic rings. The molecule has 108 valence electrons. The predicted octanol–water partition coefficient (Wildman–Crippen LogP) is 1.98. The third-order valence-electron chi connectivity index (χ3n) is 2.45. The van der Waals surface area contributed by atoms with E-state index >= 15 is 0 Å². The first-order valence-electron chi connectivity index (χ1n) is 6.24. The molecule has 0 aliphatic carbocycles. The average molecular weight is 298 g/mol. The molecule has 0 saturated heterocycles. The molecule has 0 unspecified atom stereocenters. The predicted molar refractivity (Wildman–Crippen MR) is 74.7 cm³/mol. The molecular formula is C14H16ClNO4. The van der Waals surface area contributed by atoms with Crippen molar-refractivity contribution in [3.8, 4) is 0 Å². The zero-order chi connectivity index (χ0) is 15.0.